The van der Waals surface area contributed by atoms with Crippen LogP contribution in [0.1, 0.15) is 12.0 Å². The van der Waals surface area contributed by atoms with E-state index in [4.69, 9.17) is 11.6 Å². The van der Waals surface area contributed by atoms with Gasteiger partial charge in [-0.2, -0.15) is 0 Å². The molecule has 0 N–H and O–H groups in total. The topological polar surface area (TPSA) is 0 Å². The fourth-order valence-corrected chi connectivity index (χ4v) is 1.65. The molecule has 0 unspecified atom stereocenters. The van der Waals surface area contributed by atoms with Crippen LogP contribution in [0.2, 0.25) is 0 Å². The molecule has 1 aromatic rings. The van der Waals surface area contributed by atoms with Gasteiger partial charge in [0.05, 0.1) is 5.38 Å². The van der Waals surface area contributed by atoms with Gasteiger partial charge >= 0.3 is 0 Å². The first kappa shape index (κ1) is 9.47. The molecule has 71 valence electrons. The third kappa shape index (κ3) is 1.88. The molecule has 0 aliphatic heterocycles. The second-order valence-corrected chi connectivity index (χ2v) is 3.63. The predicted octanol–water partition coefficient (Wildman–Crippen LogP) is 4.10. The maximum atomic E-state index is 13.4. The van der Waals surface area contributed by atoms with E-state index in [1.165, 1.54) is 6.08 Å². The van der Waals surface area contributed by atoms with E-state index in [2.05, 4.69) is 0 Å². The maximum absolute atomic E-state index is 13.4. The average molecular weight is 208 g/mol. The molecule has 2 heteroatoms. The Morgan fingerprint density at radius 2 is 1.79 bits per heavy atom. The van der Waals surface area contributed by atoms with Crippen molar-refractivity contribution in [1.82, 2.24) is 0 Å². The van der Waals surface area contributed by atoms with Crippen LogP contribution < -0.4 is 0 Å². The number of allylic oxidation sites excluding steroid dienone is 4. The zero-order chi connectivity index (χ0) is 9.97. The van der Waals surface area contributed by atoms with Gasteiger partial charge in [0.15, 0.2) is 0 Å². The Morgan fingerprint density at radius 3 is 2.50 bits per heavy atom. The molecule has 0 aromatic heterocycles. The molecule has 0 saturated carbocycles. The zero-order valence-corrected chi connectivity index (χ0v) is 8.26. The Hall–Kier alpha value is -1.08. The smallest absolute Gasteiger partial charge is 0.126 e. The minimum absolute atomic E-state index is 0.194. The van der Waals surface area contributed by atoms with E-state index in [1.54, 1.807) is 6.08 Å². The van der Waals surface area contributed by atoms with Crippen molar-refractivity contribution in [3.63, 3.8) is 0 Å². The van der Waals surface area contributed by atoms with E-state index in [0.29, 0.717) is 17.4 Å². The normalized spacial score (nSPS) is 17.6. The van der Waals surface area contributed by atoms with Crippen LogP contribution in [-0.4, -0.2) is 0 Å². The third-order valence-corrected chi connectivity index (χ3v) is 2.43. The minimum atomic E-state index is -0.194. The van der Waals surface area contributed by atoms with Crippen LogP contribution in [0.15, 0.2) is 48.3 Å². The fourth-order valence-electron chi connectivity index (χ4n) is 1.46. The predicted molar refractivity (Wildman–Crippen MR) is 57.3 cm³/mol. The Labute approximate surface area is 87.7 Å². The summed E-state index contributed by atoms with van der Waals surface area (Å²) in [6, 6.07) is 9.46. The molecule has 1 aliphatic rings. The minimum Gasteiger partial charge on any atom is -0.207 e. The summed E-state index contributed by atoms with van der Waals surface area (Å²) in [5.41, 5.74) is 1.56. The Bertz CT molecular complexity index is 379. The first-order valence-electron chi connectivity index (χ1n) is 4.41. The lowest BCUT2D eigenvalue weighted by molar-refractivity contribution is 0.663. The number of rotatable bonds is 1. The Morgan fingerprint density at radius 1 is 1.07 bits per heavy atom. The molecule has 0 bridgehead atoms. The van der Waals surface area contributed by atoms with Gasteiger partial charge in [0, 0.05) is 6.42 Å². The van der Waals surface area contributed by atoms with E-state index in [-0.39, 0.29) is 5.83 Å². The van der Waals surface area contributed by atoms with E-state index in [0.717, 1.165) is 5.56 Å². The number of hydrogen-bond acceptors (Lipinski definition) is 0. The van der Waals surface area contributed by atoms with Crippen LogP contribution in [0, 0.1) is 5.38 Å². The fraction of sp³-hybridized carbons (Fsp3) is 0.0833. The molecule has 0 fully saturated rings. The lowest BCUT2D eigenvalue weighted by Crippen LogP contribution is -1.96. The number of benzene rings is 1. The van der Waals surface area contributed by atoms with Crippen molar-refractivity contribution < 1.29 is 4.39 Å². The summed E-state index contributed by atoms with van der Waals surface area (Å²) in [5, 5.41) is 0.672. The number of hydrogen-bond donors (Lipinski definition) is 0. The first-order valence-corrected chi connectivity index (χ1v) is 4.78. The van der Waals surface area contributed by atoms with Gasteiger partial charge in [-0.15, -0.1) is 11.6 Å². The van der Waals surface area contributed by atoms with Crippen molar-refractivity contribution in [2.45, 2.75) is 6.42 Å². The van der Waals surface area contributed by atoms with Crippen molar-refractivity contribution >= 4 is 17.2 Å². The van der Waals surface area contributed by atoms with Crippen LogP contribution in [-0.2, 0) is 0 Å². The quantitative estimate of drug-likeness (QED) is 0.651. The van der Waals surface area contributed by atoms with Gasteiger partial charge in [-0.1, -0.05) is 36.4 Å². The largest absolute Gasteiger partial charge is 0.207 e. The average Bonchev–Trinajstić information content (AvgIpc) is 2.23. The maximum Gasteiger partial charge on any atom is 0.126 e. The van der Waals surface area contributed by atoms with Crippen LogP contribution in [0.4, 0.5) is 4.39 Å². The molecule has 1 aromatic carbocycles. The van der Waals surface area contributed by atoms with Crippen molar-refractivity contribution in [3.05, 3.63) is 59.3 Å². The summed E-state index contributed by atoms with van der Waals surface area (Å²) in [4.78, 5) is 0. The second-order valence-electron chi connectivity index (χ2n) is 3.15. The lowest BCUT2D eigenvalue weighted by Gasteiger charge is -2.13. The van der Waals surface area contributed by atoms with Gasteiger partial charge in [-0.05, 0) is 17.2 Å². The molecular formula is C12H9ClF. The van der Waals surface area contributed by atoms with E-state index >= 15 is 0 Å². The van der Waals surface area contributed by atoms with Crippen molar-refractivity contribution in [1.29, 1.82) is 0 Å². The van der Waals surface area contributed by atoms with E-state index in [9.17, 15) is 4.39 Å². The molecule has 0 amide bonds. The summed E-state index contributed by atoms with van der Waals surface area (Å²) < 4.78 is 13.4. The monoisotopic (exact) mass is 207 g/mol. The summed E-state index contributed by atoms with van der Waals surface area (Å²) in [5.74, 6) is -0.194. The van der Waals surface area contributed by atoms with Gasteiger partial charge in [-0.3, -0.25) is 0 Å². The molecule has 0 heterocycles. The highest BCUT2D eigenvalue weighted by atomic mass is 35.5. The van der Waals surface area contributed by atoms with Gasteiger partial charge in [0.2, 0.25) is 0 Å². The third-order valence-electron chi connectivity index (χ3n) is 2.17. The van der Waals surface area contributed by atoms with Crippen molar-refractivity contribution in [3.8, 4) is 0 Å². The Balaban J connectivity index is 2.39. The van der Waals surface area contributed by atoms with Crippen LogP contribution in [0.5, 0.6) is 0 Å². The van der Waals surface area contributed by atoms with Gasteiger partial charge in [0.25, 0.3) is 0 Å². The van der Waals surface area contributed by atoms with Gasteiger partial charge in [0.1, 0.15) is 5.83 Å². The molecule has 0 nitrogen and oxygen atoms in total. The van der Waals surface area contributed by atoms with Crippen molar-refractivity contribution in [2.75, 3.05) is 0 Å². The molecular weight excluding hydrogens is 199 g/mol. The molecule has 2 rings (SSSR count). The van der Waals surface area contributed by atoms with E-state index in [1.807, 2.05) is 30.3 Å². The SMILES string of the molecule is FC1=C(c2ccccc2)C[C](Cl)C=C1. The van der Waals surface area contributed by atoms with Gasteiger partial charge in [-0.25, -0.2) is 4.39 Å². The second kappa shape index (κ2) is 3.97. The molecule has 0 atom stereocenters. The molecule has 1 aliphatic carbocycles. The number of halogens is 2. The first-order chi connectivity index (χ1) is 6.77. The molecule has 1 radical (unpaired) electrons. The van der Waals surface area contributed by atoms with Crippen LogP contribution >= 0.6 is 11.6 Å². The Kier molecular flexibility index (Phi) is 2.69. The molecule has 14 heavy (non-hydrogen) atoms. The highest BCUT2D eigenvalue weighted by molar-refractivity contribution is 6.29. The zero-order valence-electron chi connectivity index (χ0n) is 7.50. The van der Waals surface area contributed by atoms with Gasteiger partial charge < -0.3 is 0 Å². The van der Waals surface area contributed by atoms with Crippen molar-refractivity contribution in [2.24, 2.45) is 0 Å². The molecule has 0 saturated heterocycles. The summed E-state index contributed by atoms with van der Waals surface area (Å²) >= 11 is 5.86. The standard InChI is InChI=1S/C12H9ClF/c13-10-6-7-12(14)11(8-10)9-4-2-1-3-5-9/h1-7H,8H2. The van der Waals surface area contributed by atoms with Crippen LogP contribution in [0.25, 0.3) is 5.57 Å². The lowest BCUT2D eigenvalue weighted by atomic mass is 9.96. The summed E-state index contributed by atoms with van der Waals surface area (Å²) in [6.07, 6.45) is 3.49. The van der Waals surface area contributed by atoms with Crippen LogP contribution in [0.3, 0.4) is 0 Å². The molecule has 0 spiro atoms. The summed E-state index contributed by atoms with van der Waals surface area (Å²) in [6.45, 7) is 0. The highest BCUT2D eigenvalue weighted by Gasteiger charge is 2.16. The highest BCUT2D eigenvalue weighted by Crippen LogP contribution is 2.34. The van der Waals surface area contributed by atoms with E-state index < -0.39 is 0 Å². The summed E-state index contributed by atoms with van der Waals surface area (Å²) in [7, 11) is 0.